The first kappa shape index (κ1) is 16.2. The highest BCUT2D eigenvalue weighted by Crippen LogP contribution is 2.19. The molecule has 1 rings (SSSR count). The Morgan fingerprint density at radius 3 is 1.89 bits per heavy atom. The highest BCUT2D eigenvalue weighted by atomic mass is 14.9. The topological polar surface area (TPSA) is 12.0 Å². The number of hydrogen-bond acceptors (Lipinski definition) is 1. The van der Waals surface area contributed by atoms with E-state index in [1.807, 2.05) is 0 Å². The molecule has 1 heteroatoms. The average Bonchev–Trinajstić information content (AvgIpc) is 2.36. The van der Waals surface area contributed by atoms with Gasteiger partial charge in [0, 0.05) is 6.04 Å². The normalized spacial score (nSPS) is 14.9. The molecular formula is C18H31N. The van der Waals surface area contributed by atoms with Crippen molar-refractivity contribution < 1.29 is 0 Å². The van der Waals surface area contributed by atoms with Gasteiger partial charge in [0.2, 0.25) is 0 Å². The molecule has 0 aliphatic carbocycles. The molecule has 0 aromatic heterocycles. The van der Waals surface area contributed by atoms with Crippen LogP contribution in [-0.2, 0) is 6.42 Å². The number of benzene rings is 1. The largest absolute Gasteiger partial charge is 0.314 e. The van der Waals surface area contributed by atoms with Crippen LogP contribution in [0.5, 0.6) is 0 Å². The summed E-state index contributed by atoms with van der Waals surface area (Å²) in [7, 11) is 0. The standard InChI is InChI=1S/C18H31N/c1-13(2)18-9-7-17(8-10-18)11-15(5)16(6)12-19-14(3)4/h7-10,13-16,19H,11-12H2,1-6H3. The maximum atomic E-state index is 3.54. The lowest BCUT2D eigenvalue weighted by atomic mass is 9.89. The molecule has 1 nitrogen and oxygen atoms in total. The van der Waals surface area contributed by atoms with Crippen LogP contribution in [0.1, 0.15) is 58.6 Å². The molecule has 2 unspecified atom stereocenters. The fourth-order valence-corrected chi connectivity index (χ4v) is 2.23. The van der Waals surface area contributed by atoms with E-state index in [0.29, 0.717) is 17.9 Å². The molecule has 0 bridgehead atoms. The molecule has 2 atom stereocenters. The van der Waals surface area contributed by atoms with Crippen LogP contribution in [0.15, 0.2) is 24.3 Å². The number of rotatable bonds is 7. The summed E-state index contributed by atoms with van der Waals surface area (Å²) in [6.07, 6.45) is 1.18. The minimum Gasteiger partial charge on any atom is -0.314 e. The molecule has 0 heterocycles. The van der Waals surface area contributed by atoms with Crippen molar-refractivity contribution in [2.75, 3.05) is 6.54 Å². The Kier molecular flexibility index (Phi) is 6.57. The van der Waals surface area contributed by atoms with Gasteiger partial charge < -0.3 is 5.32 Å². The van der Waals surface area contributed by atoms with Gasteiger partial charge in [-0.2, -0.15) is 0 Å². The zero-order chi connectivity index (χ0) is 14.4. The second-order valence-electron chi connectivity index (χ2n) is 6.62. The Bertz CT molecular complexity index is 350. The lowest BCUT2D eigenvalue weighted by Gasteiger charge is -2.22. The first-order valence-corrected chi connectivity index (χ1v) is 7.72. The van der Waals surface area contributed by atoms with Gasteiger partial charge in [0.15, 0.2) is 0 Å². The third kappa shape index (κ3) is 5.78. The van der Waals surface area contributed by atoms with Gasteiger partial charge in [-0.15, -0.1) is 0 Å². The van der Waals surface area contributed by atoms with Gasteiger partial charge >= 0.3 is 0 Å². The summed E-state index contributed by atoms with van der Waals surface area (Å²) in [5, 5.41) is 3.54. The van der Waals surface area contributed by atoms with Crippen molar-refractivity contribution in [1.29, 1.82) is 0 Å². The highest BCUT2D eigenvalue weighted by Gasteiger charge is 2.13. The van der Waals surface area contributed by atoms with E-state index in [1.54, 1.807) is 0 Å². The van der Waals surface area contributed by atoms with Crippen molar-refractivity contribution in [2.24, 2.45) is 11.8 Å². The van der Waals surface area contributed by atoms with E-state index >= 15 is 0 Å². The molecule has 0 fully saturated rings. The summed E-state index contributed by atoms with van der Waals surface area (Å²) in [5.41, 5.74) is 2.90. The Hall–Kier alpha value is -0.820. The summed E-state index contributed by atoms with van der Waals surface area (Å²) >= 11 is 0. The van der Waals surface area contributed by atoms with Gasteiger partial charge in [-0.3, -0.25) is 0 Å². The van der Waals surface area contributed by atoms with Gasteiger partial charge in [0.1, 0.15) is 0 Å². The van der Waals surface area contributed by atoms with E-state index in [9.17, 15) is 0 Å². The van der Waals surface area contributed by atoms with Gasteiger partial charge in [0.05, 0.1) is 0 Å². The maximum absolute atomic E-state index is 3.54. The zero-order valence-electron chi connectivity index (χ0n) is 13.5. The third-order valence-corrected chi connectivity index (χ3v) is 4.02. The molecule has 0 radical (unpaired) electrons. The van der Waals surface area contributed by atoms with E-state index in [4.69, 9.17) is 0 Å². The van der Waals surface area contributed by atoms with Crippen LogP contribution in [0.25, 0.3) is 0 Å². The Morgan fingerprint density at radius 1 is 0.842 bits per heavy atom. The quantitative estimate of drug-likeness (QED) is 0.755. The van der Waals surface area contributed by atoms with Crippen molar-refractivity contribution >= 4 is 0 Å². The van der Waals surface area contributed by atoms with Crippen LogP contribution in [-0.4, -0.2) is 12.6 Å². The second-order valence-corrected chi connectivity index (χ2v) is 6.62. The summed E-state index contributed by atoms with van der Waals surface area (Å²) in [4.78, 5) is 0. The minimum absolute atomic E-state index is 0.583. The van der Waals surface area contributed by atoms with Crippen LogP contribution < -0.4 is 5.32 Å². The first-order valence-electron chi connectivity index (χ1n) is 7.72. The van der Waals surface area contributed by atoms with Crippen LogP contribution in [0.2, 0.25) is 0 Å². The molecule has 0 amide bonds. The maximum Gasteiger partial charge on any atom is 0.00104 e. The fraction of sp³-hybridized carbons (Fsp3) is 0.667. The lowest BCUT2D eigenvalue weighted by molar-refractivity contribution is 0.354. The van der Waals surface area contributed by atoms with E-state index in [-0.39, 0.29) is 0 Å². The van der Waals surface area contributed by atoms with E-state index < -0.39 is 0 Å². The molecule has 0 spiro atoms. The highest BCUT2D eigenvalue weighted by molar-refractivity contribution is 5.25. The van der Waals surface area contributed by atoms with Crippen LogP contribution in [0.4, 0.5) is 0 Å². The van der Waals surface area contributed by atoms with Gasteiger partial charge in [-0.25, -0.2) is 0 Å². The smallest absolute Gasteiger partial charge is 0.00104 e. The van der Waals surface area contributed by atoms with E-state index in [0.717, 1.165) is 12.5 Å². The molecule has 0 aliphatic heterocycles. The molecule has 1 N–H and O–H groups in total. The molecule has 0 saturated carbocycles. The molecule has 1 aromatic rings. The summed E-state index contributed by atoms with van der Waals surface area (Å²) in [5.74, 6) is 2.06. The molecule has 108 valence electrons. The third-order valence-electron chi connectivity index (χ3n) is 4.02. The average molecular weight is 261 g/mol. The van der Waals surface area contributed by atoms with Crippen LogP contribution >= 0.6 is 0 Å². The minimum atomic E-state index is 0.583. The summed E-state index contributed by atoms with van der Waals surface area (Å²) < 4.78 is 0. The molecule has 1 aromatic carbocycles. The fourth-order valence-electron chi connectivity index (χ4n) is 2.23. The van der Waals surface area contributed by atoms with Gasteiger partial charge in [0.25, 0.3) is 0 Å². The predicted octanol–water partition coefficient (Wildman–Crippen LogP) is 4.62. The molecule has 0 saturated heterocycles. The summed E-state index contributed by atoms with van der Waals surface area (Å²) in [6.45, 7) is 14.7. The van der Waals surface area contributed by atoms with Gasteiger partial charge in [-0.05, 0) is 41.8 Å². The van der Waals surface area contributed by atoms with Crippen molar-refractivity contribution in [3.8, 4) is 0 Å². The van der Waals surface area contributed by atoms with E-state index in [2.05, 4.69) is 71.1 Å². The predicted molar refractivity (Wildman–Crippen MR) is 85.7 cm³/mol. The SMILES string of the molecule is CC(C)NCC(C)C(C)Cc1ccc(C(C)C)cc1. The molecule has 19 heavy (non-hydrogen) atoms. The van der Waals surface area contributed by atoms with Gasteiger partial charge in [-0.1, -0.05) is 65.8 Å². The first-order chi connectivity index (χ1) is 8.90. The Balaban J connectivity index is 2.49. The Labute approximate surface area is 119 Å². The Morgan fingerprint density at radius 2 is 1.42 bits per heavy atom. The molecule has 0 aliphatic rings. The number of nitrogens with one attached hydrogen (secondary N) is 1. The zero-order valence-corrected chi connectivity index (χ0v) is 13.5. The van der Waals surface area contributed by atoms with Crippen molar-refractivity contribution in [2.45, 2.75) is 59.9 Å². The monoisotopic (exact) mass is 261 g/mol. The molecular weight excluding hydrogens is 230 g/mol. The van der Waals surface area contributed by atoms with Crippen LogP contribution in [0.3, 0.4) is 0 Å². The second kappa shape index (κ2) is 7.69. The van der Waals surface area contributed by atoms with Crippen LogP contribution in [0, 0.1) is 11.8 Å². The van der Waals surface area contributed by atoms with Crippen molar-refractivity contribution in [1.82, 2.24) is 5.32 Å². The lowest BCUT2D eigenvalue weighted by Crippen LogP contribution is -2.31. The van der Waals surface area contributed by atoms with Crippen molar-refractivity contribution in [3.05, 3.63) is 35.4 Å². The van der Waals surface area contributed by atoms with Crippen molar-refractivity contribution in [3.63, 3.8) is 0 Å². The van der Waals surface area contributed by atoms with E-state index in [1.165, 1.54) is 17.5 Å². The number of hydrogen-bond donors (Lipinski definition) is 1. The summed E-state index contributed by atoms with van der Waals surface area (Å²) in [6, 6.07) is 9.75.